The molecule has 1 aliphatic heterocycles. The van der Waals surface area contributed by atoms with E-state index >= 15 is 0 Å². The first-order valence-corrected chi connectivity index (χ1v) is 9.97. The number of aromatic nitrogens is 1. The molecule has 0 saturated carbocycles. The first-order valence-electron chi connectivity index (χ1n) is 9.97. The summed E-state index contributed by atoms with van der Waals surface area (Å²) in [6.45, 7) is 11.0. The number of alkyl halides is 3. The van der Waals surface area contributed by atoms with E-state index in [0.29, 0.717) is 23.7 Å². The molecule has 154 valence electrons. The minimum Gasteiger partial charge on any atom is -0.354 e. The van der Waals surface area contributed by atoms with Gasteiger partial charge in [0.15, 0.2) is 0 Å². The number of halogens is 3. The third kappa shape index (κ3) is 3.97. The number of hydrogen-bond acceptors (Lipinski definition) is 3. The highest BCUT2D eigenvalue weighted by molar-refractivity contribution is 5.93. The Labute approximate surface area is 164 Å². The number of nitrogens with zero attached hydrogens (tertiary/aromatic N) is 2. The van der Waals surface area contributed by atoms with Crippen LogP contribution in [-0.4, -0.2) is 23.4 Å². The Kier molecular flexibility index (Phi) is 5.63. The van der Waals surface area contributed by atoms with E-state index in [1.807, 2.05) is 13.0 Å². The number of hydrogen-bond donors (Lipinski definition) is 0. The zero-order valence-corrected chi connectivity index (χ0v) is 17.2. The molecule has 28 heavy (non-hydrogen) atoms. The van der Waals surface area contributed by atoms with Gasteiger partial charge in [-0.3, -0.25) is 4.98 Å². The van der Waals surface area contributed by atoms with Crippen molar-refractivity contribution in [2.24, 2.45) is 5.92 Å². The lowest BCUT2D eigenvalue weighted by Gasteiger charge is -2.39. The molecule has 1 aromatic heterocycles. The summed E-state index contributed by atoms with van der Waals surface area (Å²) in [6.07, 6.45) is -1.59. The lowest BCUT2D eigenvalue weighted by molar-refractivity contribution is -0.137. The summed E-state index contributed by atoms with van der Waals surface area (Å²) < 4.78 is 45.8. The number of rotatable bonds is 5. The fourth-order valence-electron chi connectivity index (χ4n) is 4.02. The fourth-order valence-corrected chi connectivity index (χ4v) is 4.02. The summed E-state index contributed by atoms with van der Waals surface area (Å²) in [5.74, 6) is 0.549. The van der Waals surface area contributed by atoms with E-state index in [9.17, 15) is 13.2 Å². The molecule has 1 saturated heterocycles. The highest BCUT2D eigenvalue weighted by Crippen LogP contribution is 2.42. The molecule has 2 atom stereocenters. The summed E-state index contributed by atoms with van der Waals surface area (Å²) in [7, 11) is 0. The SMILES string of the molecule is CCC1COC(C)(CCC(C)C)N1c1cc(C)nc2cc(C(F)(F)F)ccc12. The van der Waals surface area contributed by atoms with Crippen molar-refractivity contribution >= 4 is 16.6 Å². The molecule has 2 aromatic rings. The topological polar surface area (TPSA) is 25.4 Å². The predicted molar refractivity (Wildman–Crippen MR) is 106 cm³/mol. The number of fused-ring (bicyclic) bond motifs is 1. The zero-order chi connectivity index (χ0) is 20.7. The molecule has 6 heteroatoms. The van der Waals surface area contributed by atoms with Gasteiger partial charge >= 0.3 is 6.18 Å². The van der Waals surface area contributed by atoms with Crippen molar-refractivity contribution in [3.05, 3.63) is 35.5 Å². The van der Waals surface area contributed by atoms with E-state index in [1.54, 1.807) is 6.07 Å². The van der Waals surface area contributed by atoms with Crippen molar-refractivity contribution in [1.29, 1.82) is 0 Å². The Hall–Kier alpha value is -1.82. The van der Waals surface area contributed by atoms with Gasteiger partial charge in [-0.05, 0) is 57.2 Å². The summed E-state index contributed by atoms with van der Waals surface area (Å²) in [5.41, 5.74) is 0.838. The molecule has 0 bridgehead atoms. The highest BCUT2D eigenvalue weighted by atomic mass is 19.4. The van der Waals surface area contributed by atoms with Gasteiger partial charge in [0.2, 0.25) is 0 Å². The van der Waals surface area contributed by atoms with Crippen LogP contribution in [0.5, 0.6) is 0 Å². The molecule has 0 amide bonds. The molecule has 3 rings (SSSR count). The maximum Gasteiger partial charge on any atom is 0.416 e. The second-order valence-electron chi connectivity index (χ2n) is 8.36. The van der Waals surface area contributed by atoms with Crippen LogP contribution in [0.1, 0.15) is 58.2 Å². The van der Waals surface area contributed by atoms with Crippen LogP contribution in [-0.2, 0) is 10.9 Å². The number of benzene rings is 1. The van der Waals surface area contributed by atoms with Gasteiger partial charge in [0.05, 0.1) is 29.4 Å². The lowest BCUT2D eigenvalue weighted by Crippen LogP contribution is -2.46. The summed E-state index contributed by atoms with van der Waals surface area (Å²) in [5, 5.41) is 0.735. The van der Waals surface area contributed by atoms with E-state index < -0.39 is 17.5 Å². The number of aryl methyl sites for hydroxylation is 1. The van der Waals surface area contributed by atoms with Crippen molar-refractivity contribution in [2.45, 2.75) is 71.8 Å². The molecule has 1 aliphatic rings. The van der Waals surface area contributed by atoms with Gasteiger partial charge in [-0.15, -0.1) is 0 Å². The molecule has 0 spiro atoms. The van der Waals surface area contributed by atoms with Crippen LogP contribution in [0.15, 0.2) is 24.3 Å². The molecule has 1 aromatic carbocycles. The van der Waals surface area contributed by atoms with Gasteiger partial charge in [0, 0.05) is 11.1 Å². The van der Waals surface area contributed by atoms with E-state index in [4.69, 9.17) is 4.74 Å². The Morgan fingerprint density at radius 2 is 2.00 bits per heavy atom. The Morgan fingerprint density at radius 1 is 1.29 bits per heavy atom. The lowest BCUT2D eigenvalue weighted by atomic mass is 9.98. The highest BCUT2D eigenvalue weighted by Gasteiger charge is 2.44. The molecule has 0 radical (unpaired) electrons. The molecule has 1 fully saturated rings. The second-order valence-corrected chi connectivity index (χ2v) is 8.36. The molecule has 3 nitrogen and oxygen atoms in total. The van der Waals surface area contributed by atoms with Crippen molar-refractivity contribution in [3.63, 3.8) is 0 Å². The van der Waals surface area contributed by atoms with Crippen molar-refractivity contribution in [1.82, 2.24) is 4.98 Å². The average molecular weight is 394 g/mol. The smallest absolute Gasteiger partial charge is 0.354 e. The number of ether oxygens (including phenoxy) is 1. The van der Waals surface area contributed by atoms with Gasteiger partial charge in [-0.2, -0.15) is 13.2 Å². The maximum atomic E-state index is 13.2. The molecule has 0 N–H and O–H groups in total. The largest absolute Gasteiger partial charge is 0.416 e. The summed E-state index contributed by atoms with van der Waals surface area (Å²) in [4.78, 5) is 6.66. The van der Waals surface area contributed by atoms with Gasteiger partial charge in [0.1, 0.15) is 5.72 Å². The van der Waals surface area contributed by atoms with Gasteiger partial charge in [-0.25, -0.2) is 0 Å². The monoisotopic (exact) mass is 394 g/mol. The van der Waals surface area contributed by atoms with Crippen molar-refractivity contribution in [3.8, 4) is 0 Å². The molecular formula is C22H29F3N2O. The fraction of sp³-hybridized carbons (Fsp3) is 0.591. The average Bonchev–Trinajstić information content (AvgIpc) is 2.95. The Balaban J connectivity index is 2.13. The Morgan fingerprint density at radius 3 is 2.61 bits per heavy atom. The molecule has 2 unspecified atom stereocenters. The van der Waals surface area contributed by atoms with E-state index in [2.05, 4.69) is 37.6 Å². The molecular weight excluding hydrogens is 365 g/mol. The minimum atomic E-state index is -4.38. The summed E-state index contributed by atoms with van der Waals surface area (Å²) >= 11 is 0. The minimum absolute atomic E-state index is 0.185. The first-order chi connectivity index (χ1) is 13.0. The second kappa shape index (κ2) is 7.54. The number of anilines is 1. The number of pyridine rings is 1. The van der Waals surface area contributed by atoms with Crippen LogP contribution in [0.4, 0.5) is 18.9 Å². The standard InChI is InChI=1S/C22H29F3N2O/c1-6-17-13-28-21(5,10-9-14(2)3)27(17)20-11-15(4)26-19-12-16(22(23,24)25)7-8-18(19)20/h7-8,11-12,14,17H,6,9-10,13H2,1-5H3. The van der Waals surface area contributed by atoms with Crippen LogP contribution in [0.3, 0.4) is 0 Å². The van der Waals surface area contributed by atoms with Crippen LogP contribution >= 0.6 is 0 Å². The zero-order valence-electron chi connectivity index (χ0n) is 17.2. The third-order valence-corrected chi connectivity index (χ3v) is 5.62. The van der Waals surface area contributed by atoms with E-state index in [-0.39, 0.29) is 6.04 Å². The molecule has 2 heterocycles. The quantitative estimate of drug-likeness (QED) is 0.592. The maximum absolute atomic E-state index is 13.2. The van der Waals surface area contributed by atoms with Crippen LogP contribution in [0, 0.1) is 12.8 Å². The predicted octanol–water partition coefficient (Wildman–Crippen LogP) is 6.33. The van der Waals surface area contributed by atoms with Gasteiger partial charge in [-0.1, -0.05) is 26.8 Å². The van der Waals surface area contributed by atoms with E-state index in [1.165, 1.54) is 0 Å². The van der Waals surface area contributed by atoms with E-state index in [0.717, 1.165) is 42.5 Å². The van der Waals surface area contributed by atoms with Gasteiger partial charge in [0.25, 0.3) is 0 Å². The third-order valence-electron chi connectivity index (χ3n) is 5.62. The van der Waals surface area contributed by atoms with Gasteiger partial charge < -0.3 is 9.64 Å². The first kappa shape index (κ1) is 20.9. The normalized spacial score (nSPS) is 23.2. The van der Waals surface area contributed by atoms with Crippen LogP contribution in [0.2, 0.25) is 0 Å². The van der Waals surface area contributed by atoms with Crippen LogP contribution in [0.25, 0.3) is 10.9 Å². The molecule has 0 aliphatic carbocycles. The summed E-state index contributed by atoms with van der Waals surface area (Å²) in [6, 6.07) is 6.00. The Bertz CT molecular complexity index is 850. The van der Waals surface area contributed by atoms with Crippen molar-refractivity contribution < 1.29 is 17.9 Å². The van der Waals surface area contributed by atoms with Crippen molar-refractivity contribution in [2.75, 3.05) is 11.5 Å². The van der Waals surface area contributed by atoms with Crippen LogP contribution < -0.4 is 4.90 Å².